The lowest BCUT2D eigenvalue weighted by molar-refractivity contribution is -0.137. The predicted octanol–water partition coefficient (Wildman–Crippen LogP) is 3.48. The van der Waals surface area contributed by atoms with Crippen molar-refractivity contribution in [3.63, 3.8) is 0 Å². The Morgan fingerprint density at radius 3 is 2.66 bits per heavy atom. The molecule has 4 aromatic rings. The molecule has 32 heavy (non-hydrogen) atoms. The van der Waals surface area contributed by atoms with Gasteiger partial charge in [-0.25, -0.2) is 23.3 Å². The highest BCUT2D eigenvalue weighted by Crippen LogP contribution is 2.34. The summed E-state index contributed by atoms with van der Waals surface area (Å²) in [6, 6.07) is 9.66. The minimum Gasteiger partial charge on any atom is -0.436 e. The highest BCUT2D eigenvalue weighted by molar-refractivity contribution is 5.91. The second kappa shape index (κ2) is 8.13. The molecule has 0 fully saturated rings. The number of benzene rings is 2. The number of rotatable bonds is 5. The monoisotopic (exact) mass is 447 g/mol. The van der Waals surface area contributed by atoms with Crippen LogP contribution in [0.5, 0.6) is 11.6 Å². The first-order valence-corrected chi connectivity index (χ1v) is 9.06. The molecule has 0 saturated heterocycles. The van der Waals surface area contributed by atoms with Crippen LogP contribution in [0.3, 0.4) is 0 Å². The summed E-state index contributed by atoms with van der Waals surface area (Å²) in [6.07, 6.45) is -2.15. The van der Waals surface area contributed by atoms with Crippen LogP contribution in [0.1, 0.15) is 5.56 Å². The molecule has 0 atom stereocenters. The van der Waals surface area contributed by atoms with E-state index in [9.17, 15) is 27.2 Å². The lowest BCUT2D eigenvalue weighted by atomic mass is 10.1. The number of nitrogens with zero attached hydrogens (tertiary/aromatic N) is 4. The zero-order valence-corrected chi connectivity index (χ0v) is 16.0. The van der Waals surface area contributed by atoms with Crippen LogP contribution in [0.25, 0.3) is 5.65 Å². The molecule has 164 valence electrons. The summed E-state index contributed by atoms with van der Waals surface area (Å²) < 4.78 is 60.0. The summed E-state index contributed by atoms with van der Waals surface area (Å²) in [5.41, 5.74) is -2.28. The SMILES string of the molecule is O=C(Cn1nc2c(Oc3cccc(F)c3)nccn2c1=O)Nc1ccccc1C(F)(F)F. The van der Waals surface area contributed by atoms with E-state index in [4.69, 9.17) is 4.74 Å². The van der Waals surface area contributed by atoms with Gasteiger partial charge in [0.1, 0.15) is 18.1 Å². The van der Waals surface area contributed by atoms with E-state index < -0.39 is 41.4 Å². The van der Waals surface area contributed by atoms with E-state index in [1.165, 1.54) is 42.7 Å². The van der Waals surface area contributed by atoms with Crippen molar-refractivity contribution in [3.8, 4) is 11.6 Å². The molecule has 0 radical (unpaired) electrons. The maximum absolute atomic E-state index is 13.4. The summed E-state index contributed by atoms with van der Waals surface area (Å²) in [6.45, 7) is -0.661. The number of carbonyl (C=O) groups is 1. The van der Waals surface area contributed by atoms with Gasteiger partial charge in [-0.15, -0.1) is 5.10 Å². The van der Waals surface area contributed by atoms with Crippen LogP contribution in [-0.4, -0.2) is 25.1 Å². The van der Waals surface area contributed by atoms with Crippen molar-refractivity contribution in [2.75, 3.05) is 5.32 Å². The molecule has 0 aliphatic carbocycles. The molecule has 2 aromatic heterocycles. The van der Waals surface area contributed by atoms with Crippen LogP contribution in [0.2, 0.25) is 0 Å². The second-order valence-corrected chi connectivity index (χ2v) is 6.52. The molecule has 1 N–H and O–H groups in total. The van der Waals surface area contributed by atoms with Crippen molar-refractivity contribution in [3.05, 3.63) is 82.8 Å². The van der Waals surface area contributed by atoms with Crippen molar-refractivity contribution in [2.45, 2.75) is 12.7 Å². The van der Waals surface area contributed by atoms with E-state index in [-0.39, 0.29) is 17.3 Å². The van der Waals surface area contributed by atoms with Crippen molar-refractivity contribution in [1.82, 2.24) is 19.2 Å². The normalized spacial score (nSPS) is 11.5. The zero-order valence-electron chi connectivity index (χ0n) is 16.0. The number of alkyl halides is 3. The highest BCUT2D eigenvalue weighted by Gasteiger charge is 2.33. The van der Waals surface area contributed by atoms with Gasteiger partial charge in [0.15, 0.2) is 0 Å². The summed E-state index contributed by atoms with van der Waals surface area (Å²) in [4.78, 5) is 28.9. The van der Waals surface area contributed by atoms with Gasteiger partial charge in [-0.1, -0.05) is 18.2 Å². The first-order valence-electron chi connectivity index (χ1n) is 9.06. The Balaban J connectivity index is 1.60. The van der Waals surface area contributed by atoms with Crippen molar-refractivity contribution in [2.24, 2.45) is 0 Å². The number of fused-ring (bicyclic) bond motifs is 1. The smallest absolute Gasteiger partial charge is 0.418 e. The van der Waals surface area contributed by atoms with Crippen molar-refractivity contribution < 1.29 is 27.1 Å². The minimum absolute atomic E-state index is 0.0646. The van der Waals surface area contributed by atoms with Crippen molar-refractivity contribution in [1.29, 1.82) is 0 Å². The minimum atomic E-state index is -4.67. The summed E-state index contributed by atoms with van der Waals surface area (Å²) in [5.74, 6) is -1.47. The van der Waals surface area contributed by atoms with Crippen LogP contribution < -0.4 is 15.7 Å². The van der Waals surface area contributed by atoms with Gasteiger partial charge in [-0.2, -0.15) is 13.2 Å². The molecule has 0 saturated carbocycles. The number of halogens is 4. The fourth-order valence-corrected chi connectivity index (χ4v) is 2.91. The van der Waals surface area contributed by atoms with Crippen LogP contribution in [0.4, 0.5) is 23.2 Å². The van der Waals surface area contributed by atoms with E-state index in [2.05, 4.69) is 15.4 Å². The Labute approximate surface area is 176 Å². The van der Waals surface area contributed by atoms with Crippen molar-refractivity contribution >= 4 is 17.2 Å². The van der Waals surface area contributed by atoms with Crippen LogP contribution in [0, 0.1) is 5.82 Å². The molecule has 2 aromatic carbocycles. The van der Waals surface area contributed by atoms with Crippen LogP contribution in [-0.2, 0) is 17.5 Å². The Morgan fingerprint density at radius 2 is 1.91 bits per heavy atom. The predicted molar refractivity (Wildman–Crippen MR) is 104 cm³/mol. The number of anilines is 1. The number of aromatic nitrogens is 4. The number of para-hydroxylation sites is 1. The lowest BCUT2D eigenvalue weighted by Gasteiger charge is -2.13. The number of hydrogen-bond donors (Lipinski definition) is 1. The molecule has 8 nitrogen and oxygen atoms in total. The van der Waals surface area contributed by atoms with E-state index in [1.807, 2.05) is 0 Å². The molecule has 0 aliphatic heterocycles. The maximum Gasteiger partial charge on any atom is 0.418 e. The Morgan fingerprint density at radius 1 is 1.12 bits per heavy atom. The Bertz CT molecular complexity index is 1360. The molecular formula is C20H13F4N5O3. The van der Waals surface area contributed by atoms with Gasteiger partial charge in [0.05, 0.1) is 11.3 Å². The summed E-state index contributed by atoms with van der Waals surface area (Å²) >= 11 is 0. The number of ether oxygens (including phenoxy) is 1. The van der Waals surface area contributed by atoms with E-state index >= 15 is 0 Å². The zero-order chi connectivity index (χ0) is 22.9. The quantitative estimate of drug-likeness (QED) is 0.473. The molecule has 12 heteroatoms. The summed E-state index contributed by atoms with van der Waals surface area (Å²) in [5, 5.41) is 6.13. The third kappa shape index (κ3) is 4.29. The number of nitrogens with one attached hydrogen (secondary N) is 1. The number of carbonyl (C=O) groups excluding carboxylic acids is 1. The van der Waals surface area contributed by atoms with E-state index in [0.29, 0.717) is 0 Å². The maximum atomic E-state index is 13.4. The molecule has 0 spiro atoms. The van der Waals surface area contributed by atoms with Gasteiger partial charge >= 0.3 is 11.9 Å². The third-order valence-electron chi connectivity index (χ3n) is 4.28. The molecule has 0 aliphatic rings. The molecule has 0 bridgehead atoms. The van der Waals surface area contributed by atoms with Gasteiger partial charge in [0.2, 0.25) is 11.6 Å². The lowest BCUT2D eigenvalue weighted by Crippen LogP contribution is -2.28. The molecular weight excluding hydrogens is 434 g/mol. The summed E-state index contributed by atoms with van der Waals surface area (Å²) in [7, 11) is 0. The first kappa shape index (κ1) is 21.0. The molecule has 1 amide bonds. The van der Waals surface area contributed by atoms with Gasteiger partial charge < -0.3 is 10.1 Å². The Kier molecular flexibility index (Phi) is 5.34. The Hall–Kier alpha value is -4.22. The molecule has 4 rings (SSSR count). The average Bonchev–Trinajstić information content (AvgIpc) is 3.04. The average molecular weight is 447 g/mol. The van der Waals surface area contributed by atoms with Gasteiger partial charge in [-0.3, -0.25) is 4.79 Å². The number of amides is 1. The van der Waals surface area contributed by atoms with Gasteiger partial charge in [0, 0.05) is 18.5 Å². The molecule has 0 unspecified atom stereocenters. The van der Waals surface area contributed by atoms with Crippen LogP contribution in [0.15, 0.2) is 65.7 Å². The van der Waals surface area contributed by atoms with E-state index in [0.717, 1.165) is 27.3 Å². The fraction of sp³-hybridized carbons (Fsp3) is 0.100. The van der Waals surface area contributed by atoms with Gasteiger partial charge in [-0.05, 0) is 24.3 Å². The number of hydrogen-bond acceptors (Lipinski definition) is 5. The topological polar surface area (TPSA) is 90.5 Å². The molecule has 2 heterocycles. The van der Waals surface area contributed by atoms with Gasteiger partial charge in [0.25, 0.3) is 5.88 Å². The fourth-order valence-electron chi connectivity index (χ4n) is 2.91. The second-order valence-electron chi connectivity index (χ2n) is 6.52. The standard InChI is InChI=1S/C20H13F4N5O3/c21-12-4-3-5-13(10-12)32-18-17-27-29(19(31)28(17)9-8-25-18)11-16(30)26-15-7-2-1-6-14(15)20(22,23)24/h1-10H,11H2,(H,26,30). The highest BCUT2D eigenvalue weighted by atomic mass is 19.4. The largest absolute Gasteiger partial charge is 0.436 e. The first-order chi connectivity index (χ1) is 15.2. The van der Waals surface area contributed by atoms with E-state index in [1.54, 1.807) is 0 Å². The van der Waals surface area contributed by atoms with Crippen LogP contribution >= 0.6 is 0 Å². The third-order valence-corrected chi connectivity index (χ3v) is 4.28.